The first-order valence-corrected chi connectivity index (χ1v) is 9.77. The second-order valence-corrected chi connectivity index (χ2v) is 6.72. The Kier molecular flexibility index (Phi) is 17.9. The van der Waals surface area contributed by atoms with Gasteiger partial charge in [0, 0.05) is 6.04 Å². The molecule has 0 aromatic carbocycles. The largest absolute Gasteiger partial charge is 0.330 e. The van der Waals surface area contributed by atoms with Crippen molar-refractivity contribution in [3.63, 3.8) is 0 Å². The Bertz CT molecular complexity index is 182. The summed E-state index contributed by atoms with van der Waals surface area (Å²) >= 11 is 0. The van der Waals surface area contributed by atoms with Gasteiger partial charge in [0.05, 0.1) is 0 Å². The molecule has 0 rings (SSSR count). The van der Waals surface area contributed by atoms with Crippen LogP contribution in [0.1, 0.15) is 110 Å². The van der Waals surface area contributed by atoms with E-state index in [1.54, 1.807) is 0 Å². The topological polar surface area (TPSA) is 52.0 Å². The zero-order chi connectivity index (χ0) is 15.6. The molecule has 1 atom stereocenters. The number of nitrogens with two attached hydrogens (primary N) is 2. The first-order chi connectivity index (χ1) is 10.3. The van der Waals surface area contributed by atoms with Crippen LogP contribution in [0, 0.1) is 0 Å². The summed E-state index contributed by atoms with van der Waals surface area (Å²) in [5.41, 5.74) is 11.5. The maximum absolute atomic E-state index is 5.95. The van der Waals surface area contributed by atoms with E-state index in [1.807, 2.05) is 0 Å². The molecule has 21 heavy (non-hydrogen) atoms. The summed E-state index contributed by atoms with van der Waals surface area (Å²) in [5, 5.41) is 0. The average molecular weight is 299 g/mol. The molecule has 0 aromatic heterocycles. The standard InChI is InChI=1S/C19H42N2/c1-2-3-4-5-6-7-8-9-10-11-12-13-14-15-16-19(21)17-18-20/h19H,2-18,20-21H2,1H3. The predicted molar refractivity (Wildman–Crippen MR) is 96.6 cm³/mol. The molecular weight excluding hydrogens is 256 g/mol. The molecule has 1 unspecified atom stereocenters. The van der Waals surface area contributed by atoms with Gasteiger partial charge < -0.3 is 11.5 Å². The predicted octanol–water partition coefficient (Wildman–Crippen LogP) is 5.53. The average Bonchev–Trinajstić information content (AvgIpc) is 2.48. The summed E-state index contributed by atoms with van der Waals surface area (Å²) in [4.78, 5) is 0. The van der Waals surface area contributed by atoms with Crippen molar-refractivity contribution >= 4 is 0 Å². The van der Waals surface area contributed by atoms with E-state index in [1.165, 1.54) is 89.9 Å². The first-order valence-electron chi connectivity index (χ1n) is 9.77. The molecule has 0 fully saturated rings. The smallest absolute Gasteiger partial charge is 0.00508 e. The van der Waals surface area contributed by atoms with Crippen LogP contribution in [-0.2, 0) is 0 Å². The Balaban J connectivity index is 2.99. The maximum atomic E-state index is 5.95. The summed E-state index contributed by atoms with van der Waals surface area (Å²) in [5.74, 6) is 0. The van der Waals surface area contributed by atoms with Crippen LogP contribution in [0.2, 0.25) is 0 Å². The van der Waals surface area contributed by atoms with Crippen LogP contribution < -0.4 is 11.5 Å². The quantitative estimate of drug-likeness (QED) is 0.347. The molecular formula is C19H42N2. The molecule has 0 spiro atoms. The van der Waals surface area contributed by atoms with E-state index in [4.69, 9.17) is 11.5 Å². The third kappa shape index (κ3) is 17.9. The Morgan fingerprint density at radius 2 is 0.952 bits per heavy atom. The highest BCUT2D eigenvalue weighted by atomic mass is 14.6. The van der Waals surface area contributed by atoms with Crippen molar-refractivity contribution in [2.75, 3.05) is 6.54 Å². The van der Waals surface area contributed by atoms with Gasteiger partial charge in [0.2, 0.25) is 0 Å². The van der Waals surface area contributed by atoms with Gasteiger partial charge in [0.15, 0.2) is 0 Å². The highest BCUT2D eigenvalue weighted by Crippen LogP contribution is 2.13. The van der Waals surface area contributed by atoms with E-state index >= 15 is 0 Å². The van der Waals surface area contributed by atoms with E-state index in [0.717, 1.165) is 19.4 Å². The van der Waals surface area contributed by atoms with Crippen molar-refractivity contribution < 1.29 is 0 Å². The van der Waals surface area contributed by atoms with Crippen molar-refractivity contribution in [2.24, 2.45) is 11.5 Å². The van der Waals surface area contributed by atoms with Crippen LogP contribution >= 0.6 is 0 Å². The van der Waals surface area contributed by atoms with Crippen molar-refractivity contribution in [3.8, 4) is 0 Å². The molecule has 0 radical (unpaired) electrons. The third-order valence-corrected chi connectivity index (χ3v) is 4.47. The van der Waals surface area contributed by atoms with E-state index in [2.05, 4.69) is 6.92 Å². The van der Waals surface area contributed by atoms with Gasteiger partial charge in [-0.1, -0.05) is 96.8 Å². The zero-order valence-corrected chi connectivity index (χ0v) is 14.8. The number of hydrogen-bond acceptors (Lipinski definition) is 2. The van der Waals surface area contributed by atoms with Gasteiger partial charge in [-0.25, -0.2) is 0 Å². The lowest BCUT2D eigenvalue weighted by molar-refractivity contribution is 0.505. The molecule has 2 nitrogen and oxygen atoms in total. The minimum atomic E-state index is 0.340. The molecule has 0 saturated carbocycles. The third-order valence-electron chi connectivity index (χ3n) is 4.47. The maximum Gasteiger partial charge on any atom is 0.00508 e. The fraction of sp³-hybridized carbons (Fsp3) is 1.00. The number of unbranched alkanes of at least 4 members (excludes halogenated alkanes) is 13. The van der Waals surface area contributed by atoms with Gasteiger partial charge in [-0.2, -0.15) is 0 Å². The molecule has 4 N–H and O–H groups in total. The van der Waals surface area contributed by atoms with Gasteiger partial charge >= 0.3 is 0 Å². The van der Waals surface area contributed by atoms with Crippen LogP contribution in [0.3, 0.4) is 0 Å². The number of rotatable bonds is 17. The Morgan fingerprint density at radius 3 is 1.33 bits per heavy atom. The molecule has 0 heterocycles. The van der Waals surface area contributed by atoms with Crippen molar-refractivity contribution in [1.29, 1.82) is 0 Å². The first kappa shape index (κ1) is 20.9. The van der Waals surface area contributed by atoms with E-state index < -0.39 is 0 Å². The second kappa shape index (κ2) is 18.0. The van der Waals surface area contributed by atoms with Crippen LogP contribution in [0.4, 0.5) is 0 Å². The fourth-order valence-corrected chi connectivity index (χ4v) is 2.96. The minimum absolute atomic E-state index is 0.340. The lowest BCUT2D eigenvalue weighted by Gasteiger charge is -2.09. The van der Waals surface area contributed by atoms with Crippen LogP contribution in [0.25, 0.3) is 0 Å². The fourth-order valence-electron chi connectivity index (χ4n) is 2.96. The van der Waals surface area contributed by atoms with Crippen molar-refractivity contribution in [3.05, 3.63) is 0 Å². The minimum Gasteiger partial charge on any atom is -0.330 e. The molecule has 0 bridgehead atoms. The molecule has 0 aliphatic rings. The monoisotopic (exact) mass is 298 g/mol. The summed E-state index contributed by atoms with van der Waals surface area (Å²) in [6.45, 7) is 3.02. The lowest BCUT2D eigenvalue weighted by atomic mass is 10.0. The van der Waals surface area contributed by atoms with E-state index in [-0.39, 0.29) is 0 Å². The summed E-state index contributed by atoms with van der Waals surface area (Å²) in [7, 11) is 0. The second-order valence-electron chi connectivity index (χ2n) is 6.72. The highest BCUT2D eigenvalue weighted by molar-refractivity contribution is 4.61. The van der Waals surface area contributed by atoms with Crippen LogP contribution in [0.5, 0.6) is 0 Å². The Morgan fingerprint density at radius 1 is 0.571 bits per heavy atom. The highest BCUT2D eigenvalue weighted by Gasteiger charge is 2.00. The molecule has 0 aromatic rings. The normalized spacial score (nSPS) is 12.7. The molecule has 0 saturated heterocycles. The summed E-state index contributed by atoms with van der Waals surface area (Å²) in [6, 6.07) is 0.340. The van der Waals surface area contributed by atoms with Gasteiger partial charge in [-0.3, -0.25) is 0 Å². The van der Waals surface area contributed by atoms with Crippen LogP contribution in [0.15, 0.2) is 0 Å². The lowest BCUT2D eigenvalue weighted by Crippen LogP contribution is -2.23. The molecule has 0 amide bonds. The SMILES string of the molecule is CCCCCCCCCCCCCCCCC(N)CCN. The van der Waals surface area contributed by atoms with Gasteiger partial charge in [0.25, 0.3) is 0 Å². The Hall–Kier alpha value is -0.0800. The van der Waals surface area contributed by atoms with Gasteiger partial charge in [0.1, 0.15) is 0 Å². The van der Waals surface area contributed by atoms with Crippen molar-refractivity contribution in [1.82, 2.24) is 0 Å². The molecule has 0 aliphatic heterocycles. The van der Waals surface area contributed by atoms with Gasteiger partial charge in [-0.05, 0) is 19.4 Å². The van der Waals surface area contributed by atoms with Crippen LogP contribution in [-0.4, -0.2) is 12.6 Å². The summed E-state index contributed by atoms with van der Waals surface area (Å²) in [6.07, 6.45) is 22.0. The molecule has 2 heteroatoms. The van der Waals surface area contributed by atoms with E-state index in [0.29, 0.717) is 6.04 Å². The number of hydrogen-bond donors (Lipinski definition) is 2. The zero-order valence-electron chi connectivity index (χ0n) is 14.8. The Labute approximate surface area is 134 Å². The molecule has 128 valence electrons. The molecule has 0 aliphatic carbocycles. The summed E-state index contributed by atoms with van der Waals surface area (Å²) < 4.78 is 0. The van der Waals surface area contributed by atoms with E-state index in [9.17, 15) is 0 Å². The van der Waals surface area contributed by atoms with Crippen molar-refractivity contribution in [2.45, 2.75) is 116 Å². The van der Waals surface area contributed by atoms with Gasteiger partial charge in [-0.15, -0.1) is 0 Å².